The van der Waals surface area contributed by atoms with E-state index in [-0.39, 0.29) is 6.04 Å². The third-order valence-corrected chi connectivity index (χ3v) is 3.77. The lowest BCUT2D eigenvalue weighted by molar-refractivity contribution is 0.1000. The molecule has 4 N–H and O–H groups in total. The maximum Gasteiger partial charge on any atom is 0.250 e. The van der Waals surface area contributed by atoms with E-state index in [1.165, 1.54) is 23.5 Å². The monoisotopic (exact) mass is 291 g/mol. The second kappa shape index (κ2) is 5.13. The predicted molar refractivity (Wildman–Crippen MR) is 75.8 cm³/mol. The Morgan fingerprint density at radius 2 is 2.35 bits per heavy atom. The van der Waals surface area contributed by atoms with Crippen molar-refractivity contribution < 1.29 is 4.79 Å². The molecule has 1 aliphatic rings. The molecule has 6 nitrogen and oxygen atoms in total. The standard InChI is InChI=1S/C13H14ClN5O/c14-10-4-8(12(15)20)5-16-13(10)18-9-1-2-11-7(3-9)6-17-19-11/h4-6,9H,1-3H2,(H2,15,20)(H,16,18)(H,17,19). The van der Waals surface area contributed by atoms with Crippen LogP contribution < -0.4 is 11.1 Å². The van der Waals surface area contributed by atoms with Crippen molar-refractivity contribution in [3.8, 4) is 0 Å². The fourth-order valence-electron chi connectivity index (χ4n) is 2.41. The van der Waals surface area contributed by atoms with Gasteiger partial charge >= 0.3 is 0 Å². The van der Waals surface area contributed by atoms with Gasteiger partial charge in [0, 0.05) is 17.9 Å². The van der Waals surface area contributed by atoms with Crippen LogP contribution in [0.3, 0.4) is 0 Å². The number of nitrogens with one attached hydrogen (secondary N) is 2. The highest BCUT2D eigenvalue weighted by Crippen LogP contribution is 2.25. The summed E-state index contributed by atoms with van der Waals surface area (Å²) in [5, 5.41) is 10.8. The van der Waals surface area contributed by atoms with Crippen molar-refractivity contribution in [3.05, 3.63) is 40.3 Å². The molecule has 2 aromatic heterocycles. The lowest BCUT2D eigenvalue weighted by atomic mass is 9.93. The number of fused-ring (bicyclic) bond motifs is 1. The smallest absolute Gasteiger partial charge is 0.250 e. The zero-order valence-corrected chi connectivity index (χ0v) is 11.4. The van der Waals surface area contributed by atoms with Gasteiger partial charge in [0.1, 0.15) is 5.82 Å². The molecule has 0 fully saturated rings. The van der Waals surface area contributed by atoms with Gasteiger partial charge in [-0.1, -0.05) is 11.6 Å². The Kier molecular flexibility index (Phi) is 3.31. The third kappa shape index (κ3) is 2.46. The minimum atomic E-state index is -0.536. The number of amides is 1. The molecule has 1 amide bonds. The third-order valence-electron chi connectivity index (χ3n) is 3.48. The molecular formula is C13H14ClN5O. The number of halogens is 1. The van der Waals surface area contributed by atoms with E-state index in [1.54, 1.807) is 0 Å². The SMILES string of the molecule is NC(=O)c1cnc(NC2CCc3[nH]ncc3C2)c(Cl)c1. The number of aryl methyl sites for hydroxylation is 1. The Morgan fingerprint density at radius 1 is 1.50 bits per heavy atom. The Morgan fingerprint density at radius 3 is 3.10 bits per heavy atom. The summed E-state index contributed by atoms with van der Waals surface area (Å²) in [4.78, 5) is 15.2. The number of hydrogen-bond donors (Lipinski definition) is 3. The van der Waals surface area contributed by atoms with E-state index < -0.39 is 5.91 Å². The number of nitrogens with zero attached hydrogens (tertiary/aromatic N) is 2. The normalized spacial score (nSPS) is 17.6. The average Bonchev–Trinajstić information content (AvgIpc) is 2.88. The number of H-pyrrole nitrogens is 1. The Hall–Kier alpha value is -2.08. The Labute approximate surface area is 120 Å². The van der Waals surface area contributed by atoms with Crippen LogP contribution in [0, 0.1) is 0 Å². The molecule has 2 heterocycles. The zero-order valence-electron chi connectivity index (χ0n) is 10.7. The summed E-state index contributed by atoms with van der Waals surface area (Å²) in [7, 11) is 0. The lowest BCUT2D eigenvalue weighted by Crippen LogP contribution is -2.27. The van der Waals surface area contributed by atoms with Gasteiger partial charge in [-0.2, -0.15) is 5.10 Å². The van der Waals surface area contributed by atoms with Crippen molar-refractivity contribution in [2.75, 3.05) is 5.32 Å². The summed E-state index contributed by atoms with van der Waals surface area (Å²) in [5.74, 6) is 0.0419. The van der Waals surface area contributed by atoms with Gasteiger partial charge in [0.25, 0.3) is 0 Å². The van der Waals surface area contributed by atoms with Gasteiger partial charge in [0.2, 0.25) is 5.91 Å². The number of pyridine rings is 1. The number of anilines is 1. The van der Waals surface area contributed by atoms with Crippen LogP contribution in [0.1, 0.15) is 28.0 Å². The number of hydrogen-bond acceptors (Lipinski definition) is 4. The van der Waals surface area contributed by atoms with Gasteiger partial charge in [-0.15, -0.1) is 0 Å². The quantitative estimate of drug-likeness (QED) is 0.799. The number of aromatic nitrogens is 3. The zero-order chi connectivity index (χ0) is 14.1. The van der Waals surface area contributed by atoms with Crippen LogP contribution in [-0.2, 0) is 12.8 Å². The van der Waals surface area contributed by atoms with Crippen LogP contribution in [-0.4, -0.2) is 27.1 Å². The lowest BCUT2D eigenvalue weighted by Gasteiger charge is -2.23. The molecule has 1 aliphatic carbocycles. The van der Waals surface area contributed by atoms with Crippen LogP contribution in [0.25, 0.3) is 0 Å². The number of carbonyl (C=O) groups excluding carboxylic acids is 1. The topological polar surface area (TPSA) is 96.7 Å². The first-order valence-electron chi connectivity index (χ1n) is 6.36. The first kappa shape index (κ1) is 12.9. The summed E-state index contributed by atoms with van der Waals surface area (Å²) in [6.45, 7) is 0. The Bertz CT molecular complexity index is 654. The van der Waals surface area contributed by atoms with E-state index >= 15 is 0 Å². The molecule has 0 spiro atoms. The second-order valence-corrected chi connectivity index (χ2v) is 5.28. The second-order valence-electron chi connectivity index (χ2n) is 4.88. The molecule has 0 aliphatic heterocycles. The molecule has 7 heteroatoms. The number of nitrogens with two attached hydrogens (primary N) is 1. The fraction of sp³-hybridized carbons (Fsp3) is 0.308. The van der Waals surface area contributed by atoms with Crippen molar-refractivity contribution in [2.24, 2.45) is 5.73 Å². The largest absolute Gasteiger partial charge is 0.366 e. The van der Waals surface area contributed by atoms with Crippen molar-refractivity contribution in [2.45, 2.75) is 25.3 Å². The van der Waals surface area contributed by atoms with Gasteiger partial charge in [-0.05, 0) is 30.9 Å². The van der Waals surface area contributed by atoms with Crippen LogP contribution in [0.4, 0.5) is 5.82 Å². The molecule has 3 rings (SSSR count). The molecule has 0 saturated heterocycles. The molecule has 0 radical (unpaired) electrons. The first-order chi connectivity index (χ1) is 9.63. The number of rotatable bonds is 3. The summed E-state index contributed by atoms with van der Waals surface area (Å²) in [6.07, 6.45) is 6.09. The van der Waals surface area contributed by atoms with Gasteiger partial charge in [0.15, 0.2) is 0 Å². The van der Waals surface area contributed by atoms with Crippen molar-refractivity contribution in [3.63, 3.8) is 0 Å². The van der Waals surface area contributed by atoms with Crippen molar-refractivity contribution in [1.29, 1.82) is 0 Å². The molecule has 20 heavy (non-hydrogen) atoms. The molecule has 0 aromatic carbocycles. The molecule has 2 aromatic rings. The summed E-state index contributed by atoms with van der Waals surface area (Å²) < 4.78 is 0. The summed E-state index contributed by atoms with van der Waals surface area (Å²) in [5.41, 5.74) is 7.92. The fourth-order valence-corrected chi connectivity index (χ4v) is 2.63. The maximum atomic E-state index is 11.1. The predicted octanol–water partition coefficient (Wildman–Crippen LogP) is 1.53. The number of aromatic amines is 1. The average molecular weight is 292 g/mol. The minimum absolute atomic E-state index is 0.254. The van der Waals surface area contributed by atoms with E-state index in [4.69, 9.17) is 17.3 Å². The summed E-state index contributed by atoms with van der Waals surface area (Å²) in [6, 6.07) is 1.79. The van der Waals surface area contributed by atoms with Crippen LogP contribution in [0.2, 0.25) is 5.02 Å². The number of primary amides is 1. The minimum Gasteiger partial charge on any atom is -0.366 e. The summed E-state index contributed by atoms with van der Waals surface area (Å²) >= 11 is 6.12. The highest BCUT2D eigenvalue weighted by molar-refractivity contribution is 6.33. The highest BCUT2D eigenvalue weighted by Gasteiger charge is 2.21. The van der Waals surface area contributed by atoms with E-state index in [1.807, 2.05) is 6.20 Å². The van der Waals surface area contributed by atoms with Crippen LogP contribution >= 0.6 is 11.6 Å². The first-order valence-corrected chi connectivity index (χ1v) is 6.74. The molecule has 0 bridgehead atoms. The van der Waals surface area contributed by atoms with Crippen molar-refractivity contribution in [1.82, 2.24) is 15.2 Å². The van der Waals surface area contributed by atoms with E-state index in [9.17, 15) is 4.79 Å². The van der Waals surface area contributed by atoms with Gasteiger partial charge < -0.3 is 11.1 Å². The molecule has 1 atom stereocenters. The number of carbonyl (C=O) groups is 1. The van der Waals surface area contributed by atoms with E-state index in [0.717, 1.165) is 19.3 Å². The van der Waals surface area contributed by atoms with Gasteiger partial charge in [-0.3, -0.25) is 9.89 Å². The van der Waals surface area contributed by atoms with E-state index in [0.29, 0.717) is 16.4 Å². The van der Waals surface area contributed by atoms with Crippen molar-refractivity contribution >= 4 is 23.3 Å². The van der Waals surface area contributed by atoms with Gasteiger partial charge in [0.05, 0.1) is 16.8 Å². The molecule has 1 unspecified atom stereocenters. The molecule has 0 saturated carbocycles. The van der Waals surface area contributed by atoms with Crippen LogP contribution in [0.15, 0.2) is 18.5 Å². The molecule has 104 valence electrons. The highest BCUT2D eigenvalue weighted by atomic mass is 35.5. The van der Waals surface area contributed by atoms with Crippen LogP contribution in [0.5, 0.6) is 0 Å². The molecular weight excluding hydrogens is 278 g/mol. The Balaban J connectivity index is 1.74. The maximum absolute atomic E-state index is 11.1. The van der Waals surface area contributed by atoms with E-state index in [2.05, 4.69) is 20.5 Å². The van der Waals surface area contributed by atoms with Gasteiger partial charge in [-0.25, -0.2) is 4.98 Å².